The Morgan fingerprint density at radius 1 is 1.16 bits per heavy atom. The van der Waals surface area contributed by atoms with Gasteiger partial charge >= 0.3 is 6.18 Å². The van der Waals surface area contributed by atoms with Crippen molar-refractivity contribution in [2.75, 3.05) is 17.2 Å². The van der Waals surface area contributed by atoms with E-state index in [1.165, 1.54) is 6.07 Å². The molecule has 0 atom stereocenters. The van der Waals surface area contributed by atoms with Gasteiger partial charge in [-0.1, -0.05) is 24.3 Å². The Kier molecular flexibility index (Phi) is 4.89. The molecule has 0 saturated heterocycles. The van der Waals surface area contributed by atoms with E-state index in [4.69, 9.17) is 5.73 Å². The molecule has 0 spiro atoms. The van der Waals surface area contributed by atoms with E-state index in [9.17, 15) is 18.0 Å². The Hall–Kier alpha value is -3.39. The zero-order valence-corrected chi connectivity index (χ0v) is 17.6. The van der Waals surface area contributed by atoms with Crippen molar-refractivity contribution < 1.29 is 18.0 Å². The van der Waals surface area contributed by atoms with Gasteiger partial charge in [-0.05, 0) is 52.8 Å². The monoisotopic (exact) mass is 453 g/mol. The van der Waals surface area contributed by atoms with Gasteiger partial charge in [0.1, 0.15) is 5.82 Å². The minimum atomic E-state index is -4.43. The number of nitrogens with two attached hydrogens (primary N) is 1. The van der Waals surface area contributed by atoms with Crippen molar-refractivity contribution in [2.45, 2.75) is 19.0 Å². The van der Waals surface area contributed by atoms with Crippen molar-refractivity contribution >= 4 is 38.8 Å². The molecule has 4 nitrogen and oxygen atoms in total. The van der Waals surface area contributed by atoms with Gasteiger partial charge in [-0.2, -0.15) is 13.2 Å². The summed E-state index contributed by atoms with van der Waals surface area (Å²) in [5.41, 5.74) is 9.54. The summed E-state index contributed by atoms with van der Waals surface area (Å²) >= 11 is 1.60. The number of carbonyl (C=O) groups is 1. The fourth-order valence-electron chi connectivity index (χ4n) is 4.18. The molecule has 1 aliphatic rings. The van der Waals surface area contributed by atoms with Crippen LogP contribution in [0.5, 0.6) is 0 Å². The third-order valence-corrected chi connectivity index (χ3v) is 6.66. The van der Waals surface area contributed by atoms with Gasteiger partial charge in [0.15, 0.2) is 0 Å². The number of nitrogen functional groups attached to an aromatic ring is 1. The highest BCUT2D eigenvalue weighted by Crippen LogP contribution is 2.39. The van der Waals surface area contributed by atoms with E-state index in [2.05, 4.69) is 16.4 Å². The molecular formula is C24H18F3N3OS. The van der Waals surface area contributed by atoms with E-state index in [1.807, 2.05) is 18.2 Å². The Balaban J connectivity index is 1.41. The lowest BCUT2D eigenvalue weighted by Gasteiger charge is -2.18. The maximum absolute atomic E-state index is 13.0. The number of benzene rings is 2. The number of aromatic nitrogens is 1. The number of rotatable bonds is 3. The Morgan fingerprint density at radius 2 is 2.00 bits per heavy atom. The highest BCUT2D eigenvalue weighted by molar-refractivity contribution is 7.17. The number of alkyl halides is 3. The number of halogens is 3. The van der Waals surface area contributed by atoms with Crippen LogP contribution in [0, 0.1) is 0 Å². The van der Waals surface area contributed by atoms with Crippen molar-refractivity contribution in [2.24, 2.45) is 0 Å². The summed E-state index contributed by atoms with van der Waals surface area (Å²) in [5, 5.41) is 2.98. The number of amides is 1. The number of anilines is 2. The summed E-state index contributed by atoms with van der Waals surface area (Å²) in [4.78, 5) is 18.7. The van der Waals surface area contributed by atoms with Crippen molar-refractivity contribution in [1.82, 2.24) is 4.98 Å². The summed E-state index contributed by atoms with van der Waals surface area (Å²) in [7, 11) is 0. The van der Waals surface area contributed by atoms with Crippen LogP contribution in [-0.4, -0.2) is 17.4 Å². The molecule has 0 aliphatic carbocycles. The van der Waals surface area contributed by atoms with Crippen LogP contribution in [0.2, 0.25) is 0 Å². The van der Waals surface area contributed by atoms with Crippen LogP contribution in [0.3, 0.4) is 0 Å². The molecule has 0 saturated carbocycles. The predicted molar refractivity (Wildman–Crippen MR) is 121 cm³/mol. The average Bonchev–Trinajstić information content (AvgIpc) is 3.38. The van der Waals surface area contributed by atoms with Crippen LogP contribution in [0.1, 0.15) is 16.7 Å². The second-order valence-corrected chi connectivity index (χ2v) is 8.64. The molecule has 0 fully saturated rings. The predicted octanol–water partition coefficient (Wildman–Crippen LogP) is 5.70. The van der Waals surface area contributed by atoms with E-state index in [-0.39, 0.29) is 12.3 Å². The quantitative estimate of drug-likeness (QED) is 0.433. The smallest absolute Gasteiger partial charge is 0.383 e. The van der Waals surface area contributed by atoms with Crippen molar-refractivity contribution in [3.63, 3.8) is 0 Å². The van der Waals surface area contributed by atoms with Gasteiger partial charge in [0.25, 0.3) is 0 Å². The number of pyridine rings is 1. The molecule has 3 heterocycles. The summed E-state index contributed by atoms with van der Waals surface area (Å²) in [6, 6.07) is 12.8. The maximum Gasteiger partial charge on any atom is 0.416 e. The highest BCUT2D eigenvalue weighted by atomic mass is 32.1. The largest absolute Gasteiger partial charge is 0.416 e. The van der Waals surface area contributed by atoms with Crippen LogP contribution in [0.15, 0.2) is 60.1 Å². The lowest BCUT2D eigenvalue weighted by Crippen LogP contribution is -2.30. The van der Waals surface area contributed by atoms with Gasteiger partial charge in [-0.15, -0.1) is 11.3 Å². The first kappa shape index (κ1) is 20.5. The number of fused-ring (bicyclic) bond motifs is 2. The van der Waals surface area contributed by atoms with Crippen LogP contribution in [0.4, 0.5) is 24.7 Å². The van der Waals surface area contributed by atoms with Gasteiger partial charge in [0.2, 0.25) is 5.91 Å². The number of thiophene rings is 1. The number of carbonyl (C=O) groups excluding carboxylic acids is 1. The SMILES string of the molecule is Nc1nccc2scc(-c3ccc4c(c3)CCN4C(=O)Cc3cccc(C(F)(F)F)c3)c12. The van der Waals surface area contributed by atoms with E-state index in [1.54, 1.807) is 28.5 Å². The summed E-state index contributed by atoms with van der Waals surface area (Å²) in [5.74, 6) is 0.266. The molecule has 0 unspecified atom stereocenters. The lowest BCUT2D eigenvalue weighted by atomic mass is 10.0. The van der Waals surface area contributed by atoms with Crippen molar-refractivity contribution in [3.05, 3.63) is 76.8 Å². The van der Waals surface area contributed by atoms with Gasteiger partial charge in [0.05, 0.1) is 12.0 Å². The van der Waals surface area contributed by atoms with E-state index >= 15 is 0 Å². The molecular weight excluding hydrogens is 435 g/mol. The van der Waals surface area contributed by atoms with Crippen molar-refractivity contribution in [3.8, 4) is 11.1 Å². The highest BCUT2D eigenvalue weighted by Gasteiger charge is 2.31. The molecule has 5 rings (SSSR count). The first-order valence-corrected chi connectivity index (χ1v) is 10.9. The molecule has 2 N–H and O–H groups in total. The van der Waals surface area contributed by atoms with Crippen molar-refractivity contribution in [1.29, 1.82) is 0 Å². The second-order valence-electron chi connectivity index (χ2n) is 7.73. The summed E-state index contributed by atoms with van der Waals surface area (Å²) < 4.78 is 40.0. The molecule has 0 bridgehead atoms. The third-order valence-electron chi connectivity index (χ3n) is 5.71. The molecule has 1 aliphatic heterocycles. The Bertz CT molecular complexity index is 1350. The third kappa shape index (κ3) is 3.60. The van der Waals surface area contributed by atoms with Gasteiger partial charge in [-0.3, -0.25) is 4.79 Å². The minimum absolute atomic E-state index is 0.0809. The standard InChI is InChI=1S/C24H18F3N3OS/c25-24(26,27)17-3-1-2-14(10-17)11-21(31)30-9-7-16-12-15(4-5-19(16)30)18-13-32-20-6-8-29-23(28)22(18)20/h1-6,8,10,12-13H,7,9,11H2,(H2,28,29). The normalized spacial score (nSPS) is 13.5. The maximum atomic E-state index is 13.0. The molecule has 8 heteroatoms. The topological polar surface area (TPSA) is 59.2 Å². The van der Waals surface area contributed by atoms with Crippen LogP contribution in [0.25, 0.3) is 21.2 Å². The first-order chi connectivity index (χ1) is 15.3. The zero-order chi connectivity index (χ0) is 22.5. The number of nitrogens with zero attached hydrogens (tertiary/aromatic N) is 2. The van der Waals surface area contributed by atoms with Gasteiger partial charge in [0, 0.05) is 34.1 Å². The van der Waals surface area contributed by atoms with Crippen LogP contribution >= 0.6 is 11.3 Å². The van der Waals surface area contributed by atoms with Crippen LogP contribution < -0.4 is 10.6 Å². The fraction of sp³-hybridized carbons (Fsp3) is 0.167. The summed E-state index contributed by atoms with van der Waals surface area (Å²) in [6.45, 7) is 0.505. The molecule has 2 aromatic heterocycles. The molecule has 0 radical (unpaired) electrons. The first-order valence-electron chi connectivity index (χ1n) is 10.0. The van der Waals surface area contributed by atoms with E-state index in [0.717, 1.165) is 44.6 Å². The Morgan fingerprint density at radius 3 is 2.81 bits per heavy atom. The fourth-order valence-corrected chi connectivity index (χ4v) is 5.15. The molecule has 32 heavy (non-hydrogen) atoms. The molecule has 4 aromatic rings. The van der Waals surface area contributed by atoms with Gasteiger partial charge in [-0.25, -0.2) is 4.98 Å². The van der Waals surface area contributed by atoms with E-state index < -0.39 is 11.7 Å². The minimum Gasteiger partial charge on any atom is -0.383 e. The number of hydrogen-bond acceptors (Lipinski definition) is 4. The molecule has 2 aromatic carbocycles. The zero-order valence-electron chi connectivity index (χ0n) is 16.8. The Labute approximate surface area is 186 Å². The summed E-state index contributed by atoms with van der Waals surface area (Å²) in [6.07, 6.45) is -2.13. The molecule has 1 amide bonds. The van der Waals surface area contributed by atoms with E-state index in [0.29, 0.717) is 24.3 Å². The number of hydrogen-bond donors (Lipinski definition) is 1. The second kappa shape index (κ2) is 7.63. The average molecular weight is 453 g/mol. The van der Waals surface area contributed by atoms with Crippen LogP contribution in [-0.2, 0) is 23.8 Å². The van der Waals surface area contributed by atoms with Gasteiger partial charge < -0.3 is 10.6 Å². The lowest BCUT2D eigenvalue weighted by molar-refractivity contribution is -0.137. The molecule has 162 valence electrons.